The summed E-state index contributed by atoms with van der Waals surface area (Å²) in [5, 5.41) is 11.8. The molecule has 6 rings (SSSR count). The number of methoxy groups -OCH3 is 1. The van der Waals surface area contributed by atoms with Crippen LogP contribution in [-0.2, 0) is 9.53 Å². The van der Waals surface area contributed by atoms with Gasteiger partial charge in [-0.25, -0.2) is 9.79 Å². The van der Waals surface area contributed by atoms with E-state index in [0.717, 1.165) is 31.9 Å². The summed E-state index contributed by atoms with van der Waals surface area (Å²) in [5.74, 6) is 0.0550. The zero-order valence-corrected chi connectivity index (χ0v) is 26.5. The molecule has 11 nitrogen and oxygen atoms in total. The van der Waals surface area contributed by atoms with Gasteiger partial charge in [0.15, 0.2) is 4.80 Å². The number of piperazine rings is 1. The fourth-order valence-corrected chi connectivity index (χ4v) is 6.78. The van der Waals surface area contributed by atoms with Gasteiger partial charge in [-0.05, 0) is 43.8 Å². The number of non-ortho nitro benzene ring substituents is 1. The van der Waals surface area contributed by atoms with Crippen molar-refractivity contribution in [3.8, 4) is 5.75 Å². The zero-order chi connectivity index (χ0) is 32.4. The van der Waals surface area contributed by atoms with Gasteiger partial charge in [0.1, 0.15) is 5.75 Å². The van der Waals surface area contributed by atoms with Crippen molar-refractivity contribution in [3.05, 3.63) is 125 Å². The Bertz CT molecular complexity index is 1990. The number of thiazole rings is 1. The number of carbonyl (C=O) groups is 1. The van der Waals surface area contributed by atoms with Crippen molar-refractivity contribution < 1.29 is 19.2 Å². The van der Waals surface area contributed by atoms with E-state index in [1.165, 1.54) is 28.0 Å². The average molecular weight is 640 g/mol. The highest BCUT2D eigenvalue weighted by Crippen LogP contribution is 2.36. The van der Waals surface area contributed by atoms with Crippen molar-refractivity contribution in [2.24, 2.45) is 4.99 Å². The van der Waals surface area contributed by atoms with Crippen LogP contribution < -0.4 is 24.5 Å². The molecule has 0 amide bonds. The second-order valence-electron chi connectivity index (χ2n) is 11.0. The molecule has 236 valence electrons. The van der Waals surface area contributed by atoms with E-state index in [0.29, 0.717) is 37.5 Å². The molecule has 0 spiro atoms. The standard InChI is InChI=1S/C34H33N5O6S/c1-4-45-33(41)29-30(22-8-6-5-7-9-22)35-34-38(31(29)23-10-13-26(44-3)14-11-23)32(40)28(46-34)21-24-20-25(39(42)43)12-15-27(24)37-18-16-36(2)17-19-37/h5-15,20-21,31H,4,16-19H2,1-3H3/t31-/m1/s1. The summed E-state index contributed by atoms with van der Waals surface area (Å²) in [6.45, 7) is 5.06. The fraction of sp³-hybridized carbons (Fsp3) is 0.265. The number of rotatable bonds is 8. The minimum atomic E-state index is -0.847. The number of hydrogen-bond donors (Lipinski definition) is 0. The number of nitro benzene ring substituents is 1. The first-order valence-corrected chi connectivity index (χ1v) is 15.7. The summed E-state index contributed by atoms with van der Waals surface area (Å²) < 4.78 is 12.8. The van der Waals surface area contributed by atoms with Gasteiger partial charge in [-0.1, -0.05) is 53.8 Å². The maximum Gasteiger partial charge on any atom is 0.338 e. The Morgan fingerprint density at radius 2 is 1.78 bits per heavy atom. The van der Waals surface area contributed by atoms with E-state index in [9.17, 15) is 19.7 Å². The van der Waals surface area contributed by atoms with Gasteiger partial charge in [-0.3, -0.25) is 19.5 Å². The van der Waals surface area contributed by atoms with Gasteiger partial charge in [-0.15, -0.1) is 0 Å². The van der Waals surface area contributed by atoms with E-state index in [1.54, 1.807) is 38.3 Å². The number of anilines is 1. The lowest BCUT2D eigenvalue weighted by molar-refractivity contribution is -0.384. The molecule has 0 unspecified atom stereocenters. The molecular formula is C34H33N5O6S. The molecule has 0 saturated carbocycles. The third kappa shape index (κ3) is 5.96. The van der Waals surface area contributed by atoms with E-state index in [4.69, 9.17) is 14.5 Å². The van der Waals surface area contributed by atoms with Crippen LogP contribution in [0, 0.1) is 10.1 Å². The molecule has 3 aromatic carbocycles. The number of carbonyl (C=O) groups excluding carboxylic acids is 1. The van der Waals surface area contributed by atoms with Crippen molar-refractivity contribution in [2.45, 2.75) is 13.0 Å². The minimum absolute atomic E-state index is 0.0658. The Morgan fingerprint density at radius 1 is 1.07 bits per heavy atom. The molecule has 0 radical (unpaired) electrons. The highest BCUT2D eigenvalue weighted by Gasteiger charge is 2.35. The quantitative estimate of drug-likeness (QED) is 0.163. The molecule has 1 aromatic heterocycles. The molecule has 2 aliphatic rings. The van der Waals surface area contributed by atoms with E-state index >= 15 is 0 Å². The molecule has 0 N–H and O–H groups in total. The predicted octanol–water partition coefficient (Wildman–Crippen LogP) is 3.60. The summed E-state index contributed by atoms with van der Waals surface area (Å²) in [4.78, 5) is 49.1. The van der Waals surface area contributed by atoms with Gasteiger partial charge < -0.3 is 19.3 Å². The van der Waals surface area contributed by atoms with Crippen LogP contribution >= 0.6 is 11.3 Å². The minimum Gasteiger partial charge on any atom is -0.497 e. The summed E-state index contributed by atoms with van der Waals surface area (Å²) in [5.41, 5.74) is 2.99. The Morgan fingerprint density at radius 3 is 2.43 bits per heavy atom. The van der Waals surface area contributed by atoms with Gasteiger partial charge in [-0.2, -0.15) is 0 Å². The Kier molecular flexibility index (Phi) is 8.82. The summed E-state index contributed by atoms with van der Waals surface area (Å²) in [6, 6.07) is 20.4. The molecule has 1 fully saturated rings. The Hall–Kier alpha value is -5.07. The predicted molar refractivity (Wildman–Crippen MR) is 177 cm³/mol. The topological polar surface area (TPSA) is 120 Å². The molecule has 3 heterocycles. The highest BCUT2D eigenvalue weighted by atomic mass is 32.1. The summed E-state index contributed by atoms with van der Waals surface area (Å²) in [7, 11) is 3.63. The van der Waals surface area contributed by atoms with E-state index < -0.39 is 16.9 Å². The lowest BCUT2D eigenvalue weighted by Gasteiger charge is -2.34. The van der Waals surface area contributed by atoms with Crippen LogP contribution in [-0.4, -0.2) is 67.3 Å². The number of hydrogen-bond acceptors (Lipinski definition) is 10. The van der Waals surface area contributed by atoms with Crippen molar-refractivity contribution >= 4 is 40.5 Å². The van der Waals surface area contributed by atoms with Gasteiger partial charge in [0.25, 0.3) is 11.2 Å². The number of nitro groups is 1. The summed E-state index contributed by atoms with van der Waals surface area (Å²) >= 11 is 1.18. The Balaban J connectivity index is 1.60. The average Bonchev–Trinajstić information content (AvgIpc) is 3.38. The molecule has 12 heteroatoms. The number of aromatic nitrogens is 1. The van der Waals surface area contributed by atoms with Gasteiger partial charge >= 0.3 is 5.97 Å². The molecular weight excluding hydrogens is 606 g/mol. The monoisotopic (exact) mass is 639 g/mol. The first-order valence-electron chi connectivity index (χ1n) is 14.9. The van der Waals surface area contributed by atoms with E-state index in [2.05, 4.69) is 16.8 Å². The van der Waals surface area contributed by atoms with Gasteiger partial charge in [0, 0.05) is 55.1 Å². The normalized spacial score (nSPS) is 17.0. The summed E-state index contributed by atoms with van der Waals surface area (Å²) in [6.07, 6.45) is 1.70. The maximum atomic E-state index is 14.4. The largest absolute Gasteiger partial charge is 0.497 e. The first kappa shape index (κ1) is 30.9. The van der Waals surface area contributed by atoms with Crippen LogP contribution in [0.2, 0.25) is 0 Å². The molecule has 1 atom stereocenters. The van der Waals surface area contributed by atoms with Gasteiger partial charge in [0.2, 0.25) is 0 Å². The molecule has 46 heavy (non-hydrogen) atoms. The lowest BCUT2D eigenvalue weighted by Crippen LogP contribution is -2.44. The molecule has 1 saturated heterocycles. The van der Waals surface area contributed by atoms with Crippen molar-refractivity contribution in [3.63, 3.8) is 0 Å². The number of likely N-dealkylation sites (N-methyl/N-ethyl adjacent to an activating group) is 1. The van der Waals surface area contributed by atoms with Crippen LogP contribution in [0.1, 0.15) is 29.7 Å². The number of esters is 1. The maximum absolute atomic E-state index is 14.4. The number of fused-ring (bicyclic) bond motifs is 1. The van der Waals surface area contributed by atoms with Crippen molar-refractivity contribution in [2.75, 3.05) is 51.8 Å². The highest BCUT2D eigenvalue weighted by molar-refractivity contribution is 7.07. The third-order valence-electron chi connectivity index (χ3n) is 8.16. The molecule has 4 aromatic rings. The Labute approximate surface area is 269 Å². The fourth-order valence-electron chi connectivity index (χ4n) is 5.79. The lowest BCUT2D eigenvalue weighted by atomic mass is 9.93. The number of nitrogens with zero attached hydrogens (tertiary/aromatic N) is 5. The van der Waals surface area contributed by atoms with Crippen LogP contribution in [0.3, 0.4) is 0 Å². The molecule has 0 bridgehead atoms. The second kappa shape index (κ2) is 13.1. The number of benzene rings is 3. The second-order valence-corrected chi connectivity index (χ2v) is 12.0. The van der Waals surface area contributed by atoms with Crippen molar-refractivity contribution in [1.82, 2.24) is 9.47 Å². The SMILES string of the molecule is CCOC(=O)C1=C(c2ccccc2)N=c2sc(=Cc3cc([N+](=O)[O-])ccc3N3CCN(C)CC3)c(=O)n2[C@@H]1c1ccc(OC)cc1. The van der Waals surface area contributed by atoms with Crippen LogP contribution in [0.15, 0.2) is 88.2 Å². The van der Waals surface area contributed by atoms with Crippen LogP contribution in [0.4, 0.5) is 11.4 Å². The van der Waals surface area contributed by atoms with E-state index in [-0.39, 0.29) is 23.4 Å². The molecule has 2 aliphatic heterocycles. The van der Waals surface area contributed by atoms with Crippen LogP contribution in [0.5, 0.6) is 5.75 Å². The van der Waals surface area contributed by atoms with Crippen molar-refractivity contribution in [1.29, 1.82) is 0 Å². The molecule has 0 aliphatic carbocycles. The van der Waals surface area contributed by atoms with Crippen LogP contribution in [0.25, 0.3) is 11.8 Å². The smallest absolute Gasteiger partial charge is 0.338 e. The van der Waals surface area contributed by atoms with E-state index in [1.807, 2.05) is 42.5 Å². The van der Waals surface area contributed by atoms with Gasteiger partial charge in [0.05, 0.1) is 40.5 Å². The first-order chi connectivity index (χ1) is 22.3. The number of ether oxygens (including phenoxy) is 2. The third-order valence-corrected chi connectivity index (χ3v) is 9.14. The zero-order valence-electron chi connectivity index (χ0n) is 25.7.